The van der Waals surface area contributed by atoms with Crippen molar-refractivity contribution in [2.75, 3.05) is 5.32 Å². The summed E-state index contributed by atoms with van der Waals surface area (Å²) in [6.45, 7) is 2.17. The number of rotatable bonds is 5. The van der Waals surface area contributed by atoms with E-state index in [0.717, 1.165) is 33.1 Å². The second-order valence-electron chi connectivity index (χ2n) is 5.27. The molecule has 1 unspecified atom stereocenters. The summed E-state index contributed by atoms with van der Waals surface area (Å²) >= 11 is 6.98. The zero-order chi connectivity index (χ0) is 15.5. The molecule has 0 amide bonds. The highest BCUT2D eigenvalue weighted by atomic mass is 79.9. The van der Waals surface area contributed by atoms with E-state index in [1.54, 1.807) is 12.4 Å². The number of aryl methyl sites for hydroxylation is 1. The van der Waals surface area contributed by atoms with E-state index in [1.165, 1.54) is 5.56 Å². The summed E-state index contributed by atoms with van der Waals surface area (Å²) in [4.78, 5) is 4.44. The Bertz CT molecular complexity index is 767. The maximum absolute atomic E-state index is 4.44. The Labute approximate surface area is 146 Å². The predicted octanol–water partition coefficient (Wildman–Crippen LogP) is 4.69. The van der Waals surface area contributed by atoms with Crippen LogP contribution in [0.1, 0.15) is 18.9 Å². The molecule has 0 aliphatic heterocycles. The number of halogens is 2. The van der Waals surface area contributed by atoms with Crippen molar-refractivity contribution >= 4 is 43.2 Å². The van der Waals surface area contributed by atoms with Crippen LogP contribution in [-0.4, -0.2) is 20.6 Å². The van der Waals surface area contributed by atoms with Gasteiger partial charge in [0.05, 0.1) is 10.7 Å². The van der Waals surface area contributed by atoms with Gasteiger partial charge < -0.3 is 5.32 Å². The zero-order valence-corrected chi connectivity index (χ0v) is 15.3. The van der Waals surface area contributed by atoms with Crippen molar-refractivity contribution < 1.29 is 0 Å². The first-order valence-corrected chi connectivity index (χ1v) is 8.71. The van der Waals surface area contributed by atoms with Gasteiger partial charge in [-0.15, -0.1) is 0 Å². The molecule has 6 heteroatoms. The Kier molecular flexibility index (Phi) is 4.78. The third-order valence-electron chi connectivity index (χ3n) is 3.55. The van der Waals surface area contributed by atoms with Crippen molar-refractivity contribution in [2.24, 2.45) is 0 Å². The van der Waals surface area contributed by atoms with E-state index in [-0.39, 0.29) is 0 Å². The van der Waals surface area contributed by atoms with Gasteiger partial charge in [0.2, 0.25) is 0 Å². The lowest BCUT2D eigenvalue weighted by molar-refractivity contribution is 0.702. The maximum Gasteiger partial charge on any atom is 0.153 e. The van der Waals surface area contributed by atoms with E-state index < -0.39 is 0 Å². The first-order chi connectivity index (χ1) is 10.6. The molecule has 2 heterocycles. The molecule has 1 aromatic carbocycles. The van der Waals surface area contributed by atoms with Crippen LogP contribution < -0.4 is 5.32 Å². The fourth-order valence-electron chi connectivity index (χ4n) is 2.35. The van der Waals surface area contributed by atoms with E-state index in [9.17, 15) is 0 Å². The standard InChI is InChI=1S/C16H16Br2N4/c1-11(2-3-12-4-6-13(17)7-5-12)21-16-15-14(18)10-20-22(15)9-8-19-16/h4-11H,2-3H2,1H3,(H,19,21). The summed E-state index contributed by atoms with van der Waals surface area (Å²) in [7, 11) is 0. The van der Waals surface area contributed by atoms with Crippen LogP contribution in [0.3, 0.4) is 0 Å². The number of anilines is 1. The minimum atomic E-state index is 0.323. The van der Waals surface area contributed by atoms with Crippen LogP contribution in [0.2, 0.25) is 0 Å². The van der Waals surface area contributed by atoms with Crippen LogP contribution in [0, 0.1) is 0 Å². The van der Waals surface area contributed by atoms with Crippen LogP contribution in [0.4, 0.5) is 5.82 Å². The minimum absolute atomic E-state index is 0.323. The molecule has 0 saturated heterocycles. The van der Waals surface area contributed by atoms with Crippen molar-refractivity contribution in [2.45, 2.75) is 25.8 Å². The molecule has 0 bridgehead atoms. The Balaban J connectivity index is 1.67. The molecule has 0 saturated carbocycles. The number of nitrogens with one attached hydrogen (secondary N) is 1. The van der Waals surface area contributed by atoms with Crippen molar-refractivity contribution in [1.82, 2.24) is 14.6 Å². The summed E-state index contributed by atoms with van der Waals surface area (Å²) in [6, 6.07) is 8.80. The van der Waals surface area contributed by atoms with E-state index >= 15 is 0 Å². The van der Waals surface area contributed by atoms with Gasteiger partial charge in [-0.05, 0) is 53.4 Å². The van der Waals surface area contributed by atoms with Crippen molar-refractivity contribution in [3.63, 3.8) is 0 Å². The van der Waals surface area contributed by atoms with Crippen molar-refractivity contribution in [3.8, 4) is 0 Å². The fraction of sp³-hybridized carbons (Fsp3) is 0.250. The molecule has 114 valence electrons. The molecule has 0 aliphatic carbocycles. The average molecular weight is 424 g/mol. The molecular weight excluding hydrogens is 408 g/mol. The summed E-state index contributed by atoms with van der Waals surface area (Å²) in [5.74, 6) is 0.857. The Hall–Kier alpha value is -1.40. The predicted molar refractivity (Wildman–Crippen MR) is 96.2 cm³/mol. The molecule has 1 N–H and O–H groups in total. The second kappa shape index (κ2) is 6.79. The topological polar surface area (TPSA) is 42.2 Å². The first-order valence-electron chi connectivity index (χ1n) is 7.12. The zero-order valence-electron chi connectivity index (χ0n) is 12.1. The van der Waals surface area contributed by atoms with Crippen LogP contribution in [0.5, 0.6) is 0 Å². The third kappa shape index (κ3) is 3.50. The van der Waals surface area contributed by atoms with Crippen LogP contribution in [-0.2, 0) is 6.42 Å². The summed E-state index contributed by atoms with van der Waals surface area (Å²) < 4.78 is 3.88. The molecule has 0 spiro atoms. The summed E-state index contributed by atoms with van der Waals surface area (Å²) in [6.07, 6.45) is 7.46. The van der Waals surface area contributed by atoms with Gasteiger partial charge >= 0.3 is 0 Å². The van der Waals surface area contributed by atoms with Gasteiger partial charge in [-0.2, -0.15) is 5.10 Å². The van der Waals surface area contributed by atoms with Gasteiger partial charge in [-0.1, -0.05) is 28.1 Å². The van der Waals surface area contributed by atoms with Gasteiger partial charge in [-0.3, -0.25) is 0 Å². The number of hydrogen-bond donors (Lipinski definition) is 1. The molecule has 22 heavy (non-hydrogen) atoms. The molecule has 3 aromatic rings. The summed E-state index contributed by atoms with van der Waals surface area (Å²) in [5.41, 5.74) is 2.31. The van der Waals surface area contributed by atoms with Crippen LogP contribution in [0.25, 0.3) is 5.52 Å². The molecule has 2 aromatic heterocycles. The van der Waals surface area contributed by atoms with Gasteiger partial charge in [0.15, 0.2) is 5.82 Å². The van der Waals surface area contributed by atoms with Crippen LogP contribution >= 0.6 is 31.9 Å². The summed E-state index contributed by atoms with van der Waals surface area (Å²) in [5, 5.41) is 7.76. The van der Waals surface area contributed by atoms with E-state index in [2.05, 4.69) is 78.4 Å². The Morgan fingerprint density at radius 1 is 1.23 bits per heavy atom. The average Bonchev–Trinajstić information content (AvgIpc) is 2.89. The van der Waals surface area contributed by atoms with E-state index in [1.807, 2.05) is 10.7 Å². The monoisotopic (exact) mass is 422 g/mol. The highest BCUT2D eigenvalue weighted by Gasteiger charge is 2.11. The van der Waals surface area contributed by atoms with Crippen LogP contribution in [0.15, 0.2) is 51.8 Å². The van der Waals surface area contributed by atoms with Gasteiger partial charge in [0.1, 0.15) is 5.52 Å². The number of nitrogens with zero attached hydrogens (tertiary/aromatic N) is 3. The van der Waals surface area contributed by atoms with Gasteiger partial charge in [0.25, 0.3) is 0 Å². The quantitative estimate of drug-likeness (QED) is 0.647. The molecule has 1 atom stereocenters. The van der Waals surface area contributed by atoms with Crippen molar-refractivity contribution in [1.29, 1.82) is 0 Å². The normalized spacial score (nSPS) is 12.5. The lowest BCUT2D eigenvalue weighted by Crippen LogP contribution is -2.17. The molecule has 3 rings (SSSR count). The maximum atomic E-state index is 4.44. The van der Waals surface area contributed by atoms with Gasteiger partial charge in [0, 0.05) is 22.9 Å². The Morgan fingerprint density at radius 3 is 2.77 bits per heavy atom. The Morgan fingerprint density at radius 2 is 2.00 bits per heavy atom. The van der Waals surface area contributed by atoms with E-state index in [4.69, 9.17) is 0 Å². The minimum Gasteiger partial charge on any atom is -0.366 e. The molecule has 4 nitrogen and oxygen atoms in total. The van der Waals surface area contributed by atoms with Crippen molar-refractivity contribution in [3.05, 3.63) is 57.4 Å². The second-order valence-corrected chi connectivity index (χ2v) is 7.04. The number of hydrogen-bond acceptors (Lipinski definition) is 3. The van der Waals surface area contributed by atoms with E-state index in [0.29, 0.717) is 6.04 Å². The highest BCUT2D eigenvalue weighted by molar-refractivity contribution is 9.11. The SMILES string of the molecule is CC(CCc1ccc(Br)cc1)Nc1nccn2ncc(Br)c12. The highest BCUT2D eigenvalue weighted by Crippen LogP contribution is 2.24. The number of fused-ring (bicyclic) bond motifs is 1. The molecule has 0 fully saturated rings. The number of benzene rings is 1. The van der Waals surface area contributed by atoms with Gasteiger partial charge in [-0.25, -0.2) is 9.50 Å². The molecule has 0 aliphatic rings. The third-order valence-corrected chi connectivity index (χ3v) is 4.66. The molecule has 0 radical (unpaired) electrons. The first kappa shape index (κ1) is 15.5. The fourth-order valence-corrected chi connectivity index (χ4v) is 3.08. The lowest BCUT2D eigenvalue weighted by atomic mass is 10.1. The molecular formula is C16H16Br2N4. The number of aromatic nitrogens is 3. The largest absolute Gasteiger partial charge is 0.366 e. The lowest BCUT2D eigenvalue weighted by Gasteiger charge is -2.15. The smallest absolute Gasteiger partial charge is 0.153 e.